The van der Waals surface area contributed by atoms with Crippen LogP contribution in [0.2, 0.25) is 0 Å². The number of hydrogen-bond donors (Lipinski definition) is 1. The van der Waals surface area contributed by atoms with Gasteiger partial charge in [-0.25, -0.2) is 4.39 Å². The van der Waals surface area contributed by atoms with Crippen molar-refractivity contribution in [3.8, 4) is 6.07 Å². The van der Waals surface area contributed by atoms with E-state index in [9.17, 15) is 4.39 Å². The van der Waals surface area contributed by atoms with E-state index < -0.39 is 5.54 Å². The van der Waals surface area contributed by atoms with Gasteiger partial charge < -0.3 is 5.32 Å². The summed E-state index contributed by atoms with van der Waals surface area (Å²) in [6, 6.07) is 7.21. The highest BCUT2D eigenvalue weighted by Gasteiger charge is 2.16. The Labute approximate surface area is 102 Å². The second-order valence-corrected chi connectivity index (χ2v) is 4.77. The van der Waals surface area contributed by atoms with E-state index >= 15 is 0 Å². The number of anilines is 1. The molecule has 0 heterocycles. The van der Waals surface area contributed by atoms with Gasteiger partial charge in [0.15, 0.2) is 0 Å². The lowest BCUT2D eigenvalue weighted by Crippen LogP contribution is -2.28. The lowest BCUT2D eigenvalue weighted by atomic mass is 10.0. The molecule has 1 rings (SSSR count). The predicted molar refractivity (Wildman–Crippen MR) is 68.3 cm³/mol. The molecule has 0 bridgehead atoms. The number of aryl methyl sites for hydroxylation is 1. The Morgan fingerprint density at radius 1 is 1.41 bits per heavy atom. The maximum absolute atomic E-state index is 13.7. The number of hydrogen-bond acceptors (Lipinski definition) is 2. The number of nitriles is 1. The maximum atomic E-state index is 13.7. The number of unbranched alkanes of at least 4 members (excludes halogenated alkanes) is 1. The molecule has 0 aliphatic carbocycles. The van der Waals surface area contributed by atoms with Crippen LogP contribution < -0.4 is 5.32 Å². The van der Waals surface area contributed by atoms with E-state index in [1.165, 1.54) is 6.07 Å². The smallest absolute Gasteiger partial charge is 0.128 e. The van der Waals surface area contributed by atoms with Crippen LogP contribution in [0.4, 0.5) is 10.1 Å². The third-order valence-corrected chi connectivity index (χ3v) is 2.59. The zero-order valence-corrected chi connectivity index (χ0v) is 10.7. The Kier molecular flexibility index (Phi) is 4.51. The zero-order chi connectivity index (χ0) is 12.9. The van der Waals surface area contributed by atoms with Crippen LogP contribution in [-0.4, -0.2) is 5.54 Å². The van der Waals surface area contributed by atoms with Crippen LogP contribution in [0.5, 0.6) is 0 Å². The van der Waals surface area contributed by atoms with Crippen molar-refractivity contribution in [1.29, 1.82) is 5.26 Å². The van der Waals surface area contributed by atoms with E-state index in [-0.39, 0.29) is 5.82 Å². The molecule has 0 aliphatic rings. The lowest BCUT2D eigenvalue weighted by molar-refractivity contribution is 0.602. The van der Waals surface area contributed by atoms with Gasteiger partial charge in [-0.2, -0.15) is 5.26 Å². The molecule has 0 fully saturated rings. The van der Waals surface area contributed by atoms with E-state index in [2.05, 4.69) is 18.3 Å². The van der Waals surface area contributed by atoms with Crippen molar-refractivity contribution in [1.82, 2.24) is 0 Å². The quantitative estimate of drug-likeness (QED) is 0.839. The number of benzene rings is 1. The summed E-state index contributed by atoms with van der Waals surface area (Å²) in [5, 5.41) is 11.9. The fourth-order valence-corrected chi connectivity index (χ4v) is 1.58. The van der Waals surface area contributed by atoms with Crippen LogP contribution in [0.15, 0.2) is 18.2 Å². The first-order chi connectivity index (χ1) is 7.98. The second-order valence-electron chi connectivity index (χ2n) is 4.77. The molecule has 92 valence electrons. The fourth-order valence-electron chi connectivity index (χ4n) is 1.58. The van der Waals surface area contributed by atoms with Crippen LogP contribution in [0.3, 0.4) is 0 Å². The van der Waals surface area contributed by atoms with E-state index in [0.29, 0.717) is 5.69 Å². The van der Waals surface area contributed by atoms with E-state index in [1.54, 1.807) is 19.9 Å². The van der Waals surface area contributed by atoms with Crippen LogP contribution >= 0.6 is 0 Å². The lowest BCUT2D eigenvalue weighted by Gasteiger charge is -2.19. The molecule has 1 aromatic rings. The Hall–Kier alpha value is -1.56. The number of rotatable bonds is 5. The standard InChI is InChI=1S/C14H19FN2/c1-4-5-6-11-7-8-12(9-13(11)15)17-14(2,3)10-16/h7-9,17H,4-6H2,1-3H3. The summed E-state index contributed by atoms with van der Waals surface area (Å²) >= 11 is 0. The SMILES string of the molecule is CCCCc1ccc(NC(C)(C)C#N)cc1F. The van der Waals surface area contributed by atoms with Gasteiger partial charge in [0.05, 0.1) is 6.07 Å². The van der Waals surface area contributed by atoms with Gasteiger partial charge in [-0.3, -0.25) is 0 Å². The summed E-state index contributed by atoms with van der Waals surface area (Å²) in [4.78, 5) is 0. The molecular formula is C14H19FN2. The molecule has 0 unspecified atom stereocenters. The topological polar surface area (TPSA) is 35.8 Å². The minimum atomic E-state index is -0.683. The van der Waals surface area contributed by atoms with Crippen molar-refractivity contribution in [2.24, 2.45) is 0 Å². The predicted octanol–water partition coefficient (Wildman–Crippen LogP) is 3.88. The van der Waals surface area contributed by atoms with Crippen molar-refractivity contribution in [2.75, 3.05) is 5.32 Å². The number of nitrogens with zero attached hydrogens (tertiary/aromatic N) is 1. The fraction of sp³-hybridized carbons (Fsp3) is 0.500. The zero-order valence-electron chi connectivity index (χ0n) is 10.7. The van der Waals surface area contributed by atoms with Crippen molar-refractivity contribution in [3.63, 3.8) is 0 Å². The van der Waals surface area contributed by atoms with Crippen molar-refractivity contribution in [2.45, 2.75) is 45.6 Å². The third kappa shape index (κ3) is 4.07. The Morgan fingerprint density at radius 2 is 2.12 bits per heavy atom. The Balaban J connectivity index is 2.79. The summed E-state index contributed by atoms with van der Waals surface area (Å²) in [5.74, 6) is -0.197. The highest BCUT2D eigenvalue weighted by Crippen LogP contribution is 2.19. The van der Waals surface area contributed by atoms with Crippen molar-refractivity contribution < 1.29 is 4.39 Å². The molecule has 0 saturated carbocycles. The monoisotopic (exact) mass is 234 g/mol. The first-order valence-corrected chi connectivity index (χ1v) is 5.96. The first kappa shape index (κ1) is 13.5. The molecule has 1 N–H and O–H groups in total. The summed E-state index contributed by atoms with van der Waals surface area (Å²) in [6.45, 7) is 5.61. The van der Waals surface area contributed by atoms with Crippen molar-refractivity contribution in [3.05, 3.63) is 29.6 Å². The first-order valence-electron chi connectivity index (χ1n) is 5.96. The summed E-state index contributed by atoms with van der Waals surface area (Å²) < 4.78 is 13.7. The minimum Gasteiger partial charge on any atom is -0.368 e. The average molecular weight is 234 g/mol. The largest absolute Gasteiger partial charge is 0.368 e. The van der Waals surface area contributed by atoms with Crippen LogP contribution in [0, 0.1) is 17.1 Å². The summed E-state index contributed by atoms with van der Waals surface area (Å²) in [7, 11) is 0. The van der Waals surface area contributed by atoms with Gasteiger partial charge in [0.2, 0.25) is 0 Å². The summed E-state index contributed by atoms with van der Waals surface area (Å²) in [6.07, 6.45) is 2.82. The Morgan fingerprint density at radius 3 is 2.65 bits per heavy atom. The molecule has 0 radical (unpaired) electrons. The molecule has 0 saturated heterocycles. The van der Waals surface area contributed by atoms with E-state index in [0.717, 1.165) is 24.8 Å². The van der Waals surface area contributed by atoms with Crippen LogP contribution in [0.1, 0.15) is 39.2 Å². The van der Waals surface area contributed by atoms with Gasteiger partial charge in [-0.1, -0.05) is 19.4 Å². The van der Waals surface area contributed by atoms with Gasteiger partial charge >= 0.3 is 0 Å². The highest BCUT2D eigenvalue weighted by atomic mass is 19.1. The molecular weight excluding hydrogens is 215 g/mol. The minimum absolute atomic E-state index is 0.197. The highest BCUT2D eigenvalue weighted by molar-refractivity contribution is 5.48. The molecule has 17 heavy (non-hydrogen) atoms. The normalized spacial score (nSPS) is 11.0. The molecule has 0 spiro atoms. The molecule has 2 nitrogen and oxygen atoms in total. The van der Waals surface area contributed by atoms with Gasteiger partial charge in [-0.05, 0) is 44.4 Å². The van der Waals surface area contributed by atoms with E-state index in [4.69, 9.17) is 5.26 Å². The Bertz CT molecular complexity index is 419. The molecule has 0 atom stereocenters. The van der Waals surface area contributed by atoms with Crippen LogP contribution in [0.25, 0.3) is 0 Å². The average Bonchev–Trinajstić information content (AvgIpc) is 2.27. The molecule has 1 aromatic carbocycles. The maximum Gasteiger partial charge on any atom is 0.128 e. The summed E-state index contributed by atoms with van der Waals surface area (Å²) in [5.41, 5.74) is 0.707. The molecule has 0 amide bonds. The van der Waals surface area contributed by atoms with Gasteiger partial charge in [0.1, 0.15) is 11.4 Å². The van der Waals surface area contributed by atoms with Gasteiger partial charge in [-0.15, -0.1) is 0 Å². The number of halogens is 1. The van der Waals surface area contributed by atoms with Gasteiger partial charge in [0, 0.05) is 5.69 Å². The number of nitrogens with one attached hydrogen (secondary N) is 1. The molecule has 3 heteroatoms. The second kappa shape index (κ2) is 5.67. The van der Waals surface area contributed by atoms with E-state index in [1.807, 2.05) is 6.07 Å². The molecule has 0 aliphatic heterocycles. The van der Waals surface area contributed by atoms with Gasteiger partial charge in [0.25, 0.3) is 0 Å². The molecule has 0 aromatic heterocycles. The van der Waals surface area contributed by atoms with Crippen LogP contribution in [-0.2, 0) is 6.42 Å². The van der Waals surface area contributed by atoms with Crippen molar-refractivity contribution >= 4 is 5.69 Å². The third-order valence-electron chi connectivity index (χ3n) is 2.59.